The summed E-state index contributed by atoms with van der Waals surface area (Å²) in [5, 5.41) is 0.863. The van der Waals surface area contributed by atoms with E-state index in [2.05, 4.69) is 39.8 Å². The molecule has 0 heterocycles. The van der Waals surface area contributed by atoms with Gasteiger partial charge in [-0.3, -0.25) is 0 Å². The second-order valence-electron chi connectivity index (χ2n) is 4.53. The summed E-state index contributed by atoms with van der Waals surface area (Å²) in [5.41, 5.74) is 1.35. The van der Waals surface area contributed by atoms with Crippen LogP contribution in [-0.2, 0) is 5.75 Å². The van der Waals surface area contributed by atoms with Gasteiger partial charge in [-0.05, 0) is 36.6 Å². The minimum atomic E-state index is 0.863. The Morgan fingerprint density at radius 3 is 2.76 bits per heavy atom. The maximum atomic E-state index is 5.27. The molecule has 1 saturated carbocycles. The van der Waals surface area contributed by atoms with Crippen molar-refractivity contribution in [2.24, 2.45) is 0 Å². The van der Waals surface area contributed by atoms with E-state index in [1.54, 1.807) is 7.11 Å². The van der Waals surface area contributed by atoms with Crippen LogP contribution >= 0.6 is 27.7 Å². The summed E-state index contributed by atoms with van der Waals surface area (Å²) in [5.74, 6) is 2.04. The van der Waals surface area contributed by atoms with Crippen LogP contribution in [0.5, 0.6) is 5.75 Å². The predicted molar refractivity (Wildman–Crippen MR) is 78.9 cm³/mol. The van der Waals surface area contributed by atoms with Gasteiger partial charge in [-0.1, -0.05) is 35.2 Å². The highest BCUT2D eigenvalue weighted by atomic mass is 79.9. The lowest BCUT2D eigenvalue weighted by Gasteiger charge is -2.21. The van der Waals surface area contributed by atoms with Gasteiger partial charge in [0.05, 0.1) is 7.11 Å². The van der Waals surface area contributed by atoms with Crippen LogP contribution in [0.2, 0.25) is 0 Å². The first-order valence-corrected chi connectivity index (χ1v) is 8.08. The molecule has 0 N–H and O–H groups in total. The number of benzene rings is 1. The summed E-state index contributed by atoms with van der Waals surface area (Å²) in [4.78, 5) is 0. The molecule has 0 aliphatic heterocycles. The number of halogens is 1. The molecule has 2 rings (SSSR count). The number of thioether (sulfide) groups is 1. The fourth-order valence-corrected chi connectivity index (χ4v) is 4.12. The number of ether oxygens (including phenoxy) is 1. The van der Waals surface area contributed by atoms with Crippen molar-refractivity contribution in [3.63, 3.8) is 0 Å². The standard InChI is InChI=1S/C14H19BrOS/c1-16-12-7-8-14(15)11(9-12)10-17-13-5-3-2-4-6-13/h7-9,13H,2-6,10H2,1H3. The molecule has 94 valence electrons. The van der Waals surface area contributed by atoms with Crippen LogP contribution in [-0.4, -0.2) is 12.4 Å². The summed E-state index contributed by atoms with van der Waals surface area (Å²) in [7, 11) is 1.72. The highest BCUT2D eigenvalue weighted by Crippen LogP contribution is 2.33. The molecule has 0 radical (unpaired) electrons. The van der Waals surface area contributed by atoms with E-state index in [4.69, 9.17) is 4.74 Å². The van der Waals surface area contributed by atoms with Crippen LogP contribution < -0.4 is 4.74 Å². The Bertz CT molecular complexity index is 361. The highest BCUT2D eigenvalue weighted by Gasteiger charge is 2.14. The van der Waals surface area contributed by atoms with Gasteiger partial charge in [-0.15, -0.1) is 0 Å². The summed E-state index contributed by atoms with van der Waals surface area (Å²) < 4.78 is 6.47. The van der Waals surface area contributed by atoms with E-state index in [-0.39, 0.29) is 0 Å². The van der Waals surface area contributed by atoms with Gasteiger partial charge in [0.2, 0.25) is 0 Å². The fourth-order valence-electron chi connectivity index (χ4n) is 2.23. The van der Waals surface area contributed by atoms with Crippen LogP contribution in [0.4, 0.5) is 0 Å². The van der Waals surface area contributed by atoms with Gasteiger partial charge < -0.3 is 4.74 Å². The van der Waals surface area contributed by atoms with E-state index in [0.29, 0.717) is 0 Å². The van der Waals surface area contributed by atoms with Gasteiger partial charge in [-0.2, -0.15) is 11.8 Å². The SMILES string of the molecule is COc1ccc(Br)c(CSC2CCCCC2)c1. The van der Waals surface area contributed by atoms with Crippen LogP contribution in [0, 0.1) is 0 Å². The van der Waals surface area contributed by atoms with Gasteiger partial charge in [0, 0.05) is 15.5 Å². The number of rotatable bonds is 4. The first-order valence-electron chi connectivity index (χ1n) is 6.23. The summed E-state index contributed by atoms with van der Waals surface area (Å²) in [6.07, 6.45) is 7.05. The van der Waals surface area contributed by atoms with E-state index in [1.165, 1.54) is 42.1 Å². The summed E-state index contributed by atoms with van der Waals surface area (Å²) >= 11 is 5.71. The van der Waals surface area contributed by atoms with E-state index in [1.807, 2.05) is 6.07 Å². The molecule has 0 amide bonds. The highest BCUT2D eigenvalue weighted by molar-refractivity contribution is 9.10. The molecule has 3 heteroatoms. The van der Waals surface area contributed by atoms with Crippen molar-refractivity contribution in [1.29, 1.82) is 0 Å². The Hall–Kier alpha value is -0.150. The second kappa shape index (κ2) is 6.69. The van der Waals surface area contributed by atoms with E-state index < -0.39 is 0 Å². The molecule has 0 aromatic heterocycles. The molecule has 1 aromatic rings. The average Bonchev–Trinajstić information content (AvgIpc) is 2.39. The minimum Gasteiger partial charge on any atom is -0.497 e. The lowest BCUT2D eigenvalue weighted by atomic mass is 10.0. The summed E-state index contributed by atoms with van der Waals surface area (Å²) in [6, 6.07) is 6.22. The zero-order valence-corrected chi connectivity index (χ0v) is 12.6. The van der Waals surface area contributed by atoms with Crippen molar-refractivity contribution in [2.45, 2.75) is 43.1 Å². The zero-order valence-electron chi connectivity index (χ0n) is 10.2. The molecule has 1 aromatic carbocycles. The molecule has 1 aliphatic rings. The first kappa shape index (κ1) is 13.3. The van der Waals surface area contributed by atoms with Gasteiger partial charge >= 0.3 is 0 Å². The Morgan fingerprint density at radius 2 is 2.06 bits per heavy atom. The number of methoxy groups -OCH3 is 1. The van der Waals surface area contributed by atoms with E-state index in [9.17, 15) is 0 Å². The largest absolute Gasteiger partial charge is 0.497 e. The van der Waals surface area contributed by atoms with E-state index in [0.717, 1.165) is 16.8 Å². The van der Waals surface area contributed by atoms with Crippen molar-refractivity contribution in [1.82, 2.24) is 0 Å². The van der Waals surface area contributed by atoms with Gasteiger partial charge in [0.15, 0.2) is 0 Å². The number of hydrogen-bond donors (Lipinski definition) is 0. The lowest BCUT2D eigenvalue weighted by molar-refractivity contribution is 0.414. The van der Waals surface area contributed by atoms with Crippen molar-refractivity contribution in [3.05, 3.63) is 28.2 Å². The molecular formula is C14H19BrOS. The Balaban J connectivity index is 1.92. The third-order valence-corrected chi connectivity index (χ3v) is 5.47. The molecule has 17 heavy (non-hydrogen) atoms. The quantitative estimate of drug-likeness (QED) is 0.771. The topological polar surface area (TPSA) is 9.23 Å². The molecule has 0 unspecified atom stereocenters. The Morgan fingerprint density at radius 1 is 1.29 bits per heavy atom. The normalized spacial score (nSPS) is 17.1. The lowest BCUT2D eigenvalue weighted by Crippen LogP contribution is -2.08. The van der Waals surface area contributed by atoms with Gasteiger partial charge in [0.1, 0.15) is 5.75 Å². The smallest absolute Gasteiger partial charge is 0.119 e. The zero-order chi connectivity index (χ0) is 12.1. The Labute approximate surface area is 116 Å². The number of hydrogen-bond acceptors (Lipinski definition) is 2. The Kier molecular flexibility index (Phi) is 5.23. The van der Waals surface area contributed by atoms with Gasteiger partial charge in [-0.25, -0.2) is 0 Å². The second-order valence-corrected chi connectivity index (χ2v) is 6.67. The molecule has 0 spiro atoms. The molecule has 1 aliphatic carbocycles. The van der Waals surface area contributed by atoms with Crippen LogP contribution in [0.1, 0.15) is 37.7 Å². The van der Waals surface area contributed by atoms with Crippen molar-refractivity contribution < 1.29 is 4.74 Å². The van der Waals surface area contributed by atoms with Crippen LogP contribution in [0.15, 0.2) is 22.7 Å². The molecular weight excluding hydrogens is 296 g/mol. The fraction of sp³-hybridized carbons (Fsp3) is 0.571. The maximum Gasteiger partial charge on any atom is 0.119 e. The molecule has 0 saturated heterocycles. The molecule has 1 nitrogen and oxygen atoms in total. The van der Waals surface area contributed by atoms with Crippen molar-refractivity contribution in [2.75, 3.05) is 7.11 Å². The average molecular weight is 315 g/mol. The minimum absolute atomic E-state index is 0.863. The predicted octanol–water partition coefficient (Wildman–Crippen LogP) is 5.02. The van der Waals surface area contributed by atoms with Crippen molar-refractivity contribution >= 4 is 27.7 Å². The van der Waals surface area contributed by atoms with Gasteiger partial charge in [0.25, 0.3) is 0 Å². The van der Waals surface area contributed by atoms with E-state index >= 15 is 0 Å². The monoisotopic (exact) mass is 314 g/mol. The molecule has 0 bridgehead atoms. The van der Waals surface area contributed by atoms with Crippen LogP contribution in [0.3, 0.4) is 0 Å². The molecule has 0 atom stereocenters. The molecule has 1 fully saturated rings. The van der Waals surface area contributed by atoms with Crippen LogP contribution in [0.25, 0.3) is 0 Å². The maximum absolute atomic E-state index is 5.27. The van der Waals surface area contributed by atoms with Crippen molar-refractivity contribution in [3.8, 4) is 5.75 Å². The first-order chi connectivity index (χ1) is 8.29. The third kappa shape index (κ3) is 3.92. The third-order valence-electron chi connectivity index (χ3n) is 3.28. The summed E-state index contributed by atoms with van der Waals surface area (Å²) in [6.45, 7) is 0.